The third kappa shape index (κ3) is 8.27. The van der Waals surface area contributed by atoms with Crippen molar-refractivity contribution < 1.29 is 38.7 Å². The van der Waals surface area contributed by atoms with Crippen LogP contribution in [0.15, 0.2) is 72.8 Å². The molecule has 0 unspecified atom stereocenters. The van der Waals surface area contributed by atoms with E-state index in [1.54, 1.807) is 14.2 Å². The van der Waals surface area contributed by atoms with Gasteiger partial charge in [-0.1, -0.05) is 72.8 Å². The van der Waals surface area contributed by atoms with Crippen LogP contribution in [0.4, 0.5) is 0 Å². The van der Waals surface area contributed by atoms with Crippen LogP contribution in [0.3, 0.4) is 0 Å². The Morgan fingerprint density at radius 3 is 1.39 bits per heavy atom. The maximum atomic E-state index is 11.9. The third-order valence-electron chi connectivity index (χ3n) is 10.3. The van der Waals surface area contributed by atoms with Gasteiger partial charge in [-0.2, -0.15) is 0 Å². The lowest BCUT2D eigenvalue weighted by Crippen LogP contribution is -2.40. The van der Waals surface area contributed by atoms with Gasteiger partial charge in [-0.15, -0.1) is 0 Å². The number of hydrogen-bond acceptors (Lipinski definition) is 10. The summed E-state index contributed by atoms with van der Waals surface area (Å²) in [6.07, 6.45) is 8.25. The largest absolute Gasteiger partial charge is 0.496 e. The Morgan fingerprint density at radius 1 is 0.611 bits per heavy atom. The minimum Gasteiger partial charge on any atom is -0.496 e. The van der Waals surface area contributed by atoms with E-state index in [2.05, 4.69) is 71.3 Å². The molecule has 4 aromatic rings. The number of nitrogens with one attached hydrogen (secondary N) is 2. The number of methoxy groups -OCH3 is 4. The fourth-order valence-corrected chi connectivity index (χ4v) is 7.50. The van der Waals surface area contributed by atoms with Crippen LogP contribution >= 0.6 is 0 Å². The Balaban J connectivity index is 1.22. The Hall–Kier alpha value is -5.26. The summed E-state index contributed by atoms with van der Waals surface area (Å²) in [5, 5.41) is 25.2. The Labute approximate surface area is 316 Å². The van der Waals surface area contributed by atoms with E-state index in [0.29, 0.717) is 24.6 Å². The zero-order valence-electron chi connectivity index (χ0n) is 31.2. The topological polar surface area (TPSA) is 136 Å². The van der Waals surface area contributed by atoms with Crippen molar-refractivity contribution in [1.29, 1.82) is 0 Å². The van der Waals surface area contributed by atoms with Crippen LogP contribution in [0.2, 0.25) is 0 Å². The molecule has 0 radical (unpaired) electrons. The highest BCUT2D eigenvalue weighted by Gasteiger charge is 2.25. The highest BCUT2D eigenvalue weighted by molar-refractivity contribution is 5.93. The highest BCUT2D eigenvalue weighted by atomic mass is 16.5. The van der Waals surface area contributed by atoms with Gasteiger partial charge >= 0.3 is 11.9 Å². The van der Waals surface area contributed by atoms with Crippen molar-refractivity contribution in [3.8, 4) is 22.6 Å². The van der Waals surface area contributed by atoms with E-state index < -0.39 is 24.0 Å². The number of benzene rings is 4. The minimum atomic E-state index is -0.807. The summed E-state index contributed by atoms with van der Waals surface area (Å²) in [6, 6.07) is 23.7. The van der Waals surface area contributed by atoms with E-state index >= 15 is 0 Å². The lowest BCUT2D eigenvalue weighted by molar-refractivity contribution is -0.145. The van der Waals surface area contributed by atoms with Gasteiger partial charge < -0.3 is 29.2 Å². The maximum absolute atomic E-state index is 11.9. The first kappa shape index (κ1) is 38.5. The monoisotopic (exact) mass is 732 g/mol. The average Bonchev–Trinajstić information content (AvgIpc) is 3.82. The van der Waals surface area contributed by atoms with E-state index in [0.717, 1.165) is 47.9 Å². The van der Waals surface area contributed by atoms with Gasteiger partial charge in [0.15, 0.2) is 0 Å². The van der Waals surface area contributed by atoms with Crippen LogP contribution in [-0.2, 0) is 45.0 Å². The zero-order chi connectivity index (χ0) is 38.2. The van der Waals surface area contributed by atoms with Gasteiger partial charge in [0.1, 0.15) is 23.6 Å². The Bertz CT molecular complexity index is 1920. The number of esters is 2. The molecule has 10 nitrogen and oxygen atoms in total. The second kappa shape index (κ2) is 17.7. The van der Waals surface area contributed by atoms with Gasteiger partial charge in [0.25, 0.3) is 0 Å². The average molecular weight is 733 g/mol. The van der Waals surface area contributed by atoms with E-state index in [-0.39, 0.29) is 13.2 Å². The molecule has 4 aromatic carbocycles. The molecule has 0 heterocycles. The summed E-state index contributed by atoms with van der Waals surface area (Å²) in [6.45, 7) is -0.0307. The summed E-state index contributed by atoms with van der Waals surface area (Å²) < 4.78 is 20.9. The van der Waals surface area contributed by atoms with Crippen molar-refractivity contribution in [1.82, 2.24) is 10.6 Å². The number of carbonyl (C=O) groups excluding carboxylic acids is 2. The number of ether oxygens (including phenoxy) is 4. The normalized spacial score (nSPS) is 15.8. The molecule has 282 valence electrons. The molecule has 2 aliphatic carbocycles. The molecule has 4 N–H and O–H groups in total. The lowest BCUT2D eigenvalue weighted by atomic mass is 9.91. The number of aliphatic hydroxyl groups excluding tert-OH is 2. The first-order valence-corrected chi connectivity index (χ1v) is 18.2. The summed E-state index contributed by atoms with van der Waals surface area (Å²) in [4.78, 5) is 23.8. The Kier molecular flexibility index (Phi) is 12.6. The molecule has 0 saturated carbocycles. The van der Waals surface area contributed by atoms with Crippen LogP contribution in [0.1, 0.15) is 57.3 Å². The van der Waals surface area contributed by atoms with Crippen LogP contribution in [0, 0.1) is 0 Å². The molecule has 0 fully saturated rings. The summed E-state index contributed by atoms with van der Waals surface area (Å²) in [5.41, 5.74) is 14.2. The van der Waals surface area contributed by atoms with E-state index in [9.17, 15) is 19.8 Å². The fraction of sp³-hybridized carbons (Fsp3) is 0.318. The van der Waals surface area contributed by atoms with Crippen molar-refractivity contribution >= 4 is 35.2 Å². The molecular weight excluding hydrogens is 684 g/mol. The lowest BCUT2D eigenvalue weighted by Gasteiger charge is -2.16. The van der Waals surface area contributed by atoms with Crippen molar-refractivity contribution in [2.24, 2.45) is 0 Å². The van der Waals surface area contributed by atoms with Crippen molar-refractivity contribution in [2.45, 2.75) is 50.9 Å². The van der Waals surface area contributed by atoms with Gasteiger partial charge in [0.05, 0.1) is 41.7 Å². The van der Waals surface area contributed by atoms with Crippen molar-refractivity contribution in [3.63, 3.8) is 0 Å². The molecular formula is C44H48N2O8. The summed E-state index contributed by atoms with van der Waals surface area (Å²) in [5.74, 6) is 0.376. The van der Waals surface area contributed by atoms with E-state index in [1.165, 1.54) is 58.7 Å². The predicted octanol–water partition coefficient (Wildman–Crippen LogP) is 5.59. The number of aliphatic hydroxyl groups is 2. The second-order valence-corrected chi connectivity index (χ2v) is 13.4. The zero-order valence-corrected chi connectivity index (χ0v) is 31.2. The smallest absolute Gasteiger partial charge is 0.325 e. The minimum absolute atomic E-state index is 0.343. The summed E-state index contributed by atoms with van der Waals surface area (Å²) in [7, 11) is 5.86. The van der Waals surface area contributed by atoms with Crippen LogP contribution in [0.5, 0.6) is 11.5 Å². The van der Waals surface area contributed by atoms with Crippen LogP contribution < -0.4 is 20.1 Å². The number of allylic oxidation sites excluding steroid dienone is 2. The first-order chi connectivity index (χ1) is 26.3. The van der Waals surface area contributed by atoms with E-state index in [4.69, 9.17) is 18.9 Å². The molecule has 0 aliphatic heterocycles. The Morgan fingerprint density at radius 2 is 1.02 bits per heavy atom. The molecule has 0 amide bonds. The van der Waals surface area contributed by atoms with Gasteiger partial charge in [0, 0.05) is 24.2 Å². The molecule has 0 saturated heterocycles. The molecule has 0 bridgehead atoms. The SMILES string of the molecule is COC(=O)[C@@H](CO)NCc1ccc(/C=C2\CCc3c2cccc3-c2cccc3c2CC/C3=C\c2ccc(CN[C@H](CO)C(=O)OC)c(OC)c2)cc1OC. The quantitative estimate of drug-likeness (QED) is 0.115. The maximum Gasteiger partial charge on any atom is 0.325 e. The highest BCUT2D eigenvalue weighted by Crippen LogP contribution is 2.44. The molecule has 2 aliphatic rings. The first-order valence-electron chi connectivity index (χ1n) is 18.2. The standard InChI is InChI=1S/C44H48N2O8/c1-51-41-21-27(11-13-31(41)23-45-39(25-47)43(49)53-3)19-29-15-17-37-33(29)7-5-9-35(37)36-10-6-8-34-30(16-18-38(34)36)20-28-12-14-32(42(22-28)52-2)24-46-40(26-48)44(50)54-4/h5-14,19-22,39-40,45-48H,15-18,23-26H2,1-4H3/b29-19+,30-20+/t39-,40-/m1/s1. The van der Waals surface area contributed by atoms with Crippen molar-refractivity contribution in [3.05, 3.63) is 117 Å². The fourth-order valence-electron chi connectivity index (χ4n) is 7.50. The molecule has 10 heteroatoms. The van der Waals surface area contributed by atoms with Crippen molar-refractivity contribution in [2.75, 3.05) is 41.7 Å². The molecule has 2 atom stereocenters. The predicted molar refractivity (Wildman–Crippen MR) is 210 cm³/mol. The van der Waals surface area contributed by atoms with Crippen LogP contribution in [-0.4, -0.2) is 75.9 Å². The number of carbonyl (C=O) groups is 2. The second-order valence-electron chi connectivity index (χ2n) is 13.4. The van der Waals surface area contributed by atoms with E-state index in [1.807, 2.05) is 24.3 Å². The van der Waals surface area contributed by atoms with Gasteiger partial charge in [-0.25, -0.2) is 0 Å². The van der Waals surface area contributed by atoms with Crippen LogP contribution in [0.25, 0.3) is 34.4 Å². The van der Waals surface area contributed by atoms with Gasteiger partial charge in [-0.3, -0.25) is 20.2 Å². The number of rotatable bonds is 15. The third-order valence-corrected chi connectivity index (χ3v) is 10.3. The summed E-state index contributed by atoms with van der Waals surface area (Å²) >= 11 is 0. The number of hydrogen-bond donors (Lipinski definition) is 4. The molecule has 6 rings (SSSR count). The number of fused-ring (bicyclic) bond motifs is 2. The molecule has 0 aromatic heterocycles. The van der Waals surface area contributed by atoms with Gasteiger partial charge in [0.2, 0.25) is 0 Å². The molecule has 0 spiro atoms. The molecule has 54 heavy (non-hydrogen) atoms. The van der Waals surface area contributed by atoms with Gasteiger partial charge in [-0.05, 0) is 93.5 Å².